The van der Waals surface area contributed by atoms with Crippen LogP contribution in [0.15, 0.2) is 27.6 Å². The van der Waals surface area contributed by atoms with Crippen LogP contribution in [-0.4, -0.2) is 52.7 Å². The molecule has 0 spiro atoms. The monoisotopic (exact) mass is 363 g/mol. The van der Waals surface area contributed by atoms with Crippen molar-refractivity contribution in [1.29, 1.82) is 0 Å². The molecular formula is C12H18BrN3O3S. The number of nitrogens with two attached hydrogens (primary N) is 1. The van der Waals surface area contributed by atoms with Crippen LogP contribution in [-0.2, 0) is 14.8 Å². The third-order valence-corrected chi connectivity index (χ3v) is 5.23. The summed E-state index contributed by atoms with van der Waals surface area (Å²) in [6, 6.07) is 4.53. The van der Waals surface area contributed by atoms with E-state index in [4.69, 9.17) is 10.5 Å². The van der Waals surface area contributed by atoms with Crippen LogP contribution in [0.5, 0.6) is 0 Å². The number of hydrogen-bond acceptors (Lipinski definition) is 5. The number of likely N-dealkylation sites (N-methyl/N-ethyl adjacent to an activating group) is 1. The summed E-state index contributed by atoms with van der Waals surface area (Å²) in [5.74, 6) is 0. The molecule has 1 aromatic rings. The van der Waals surface area contributed by atoms with Gasteiger partial charge in [0.25, 0.3) is 0 Å². The molecule has 0 aliphatic carbocycles. The Morgan fingerprint density at radius 1 is 1.55 bits per heavy atom. The summed E-state index contributed by atoms with van der Waals surface area (Å²) in [5.41, 5.74) is 6.15. The molecule has 1 saturated heterocycles. The van der Waals surface area contributed by atoms with Crippen LogP contribution in [0.2, 0.25) is 0 Å². The van der Waals surface area contributed by atoms with E-state index in [-0.39, 0.29) is 17.5 Å². The standard InChI is InChI=1S/C12H18BrN3O3S/c1-16-4-5-19-9(8-16)7-15-20(17,18)10-2-3-12(14)11(13)6-10/h2-3,6,9,15H,4-5,7-8,14H2,1H3. The van der Waals surface area contributed by atoms with E-state index in [2.05, 4.69) is 25.6 Å². The van der Waals surface area contributed by atoms with Gasteiger partial charge in [-0.15, -0.1) is 0 Å². The predicted octanol–water partition coefficient (Wildman–Crippen LogP) is 0.640. The lowest BCUT2D eigenvalue weighted by Gasteiger charge is -2.30. The highest BCUT2D eigenvalue weighted by molar-refractivity contribution is 9.10. The maximum Gasteiger partial charge on any atom is 0.240 e. The van der Waals surface area contributed by atoms with E-state index < -0.39 is 10.0 Å². The van der Waals surface area contributed by atoms with E-state index in [0.717, 1.165) is 6.54 Å². The Hall–Kier alpha value is -0.670. The first-order valence-corrected chi connectivity index (χ1v) is 8.51. The largest absolute Gasteiger partial charge is 0.398 e. The van der Waals surface area contributed by atoms with Gasteiger partial charge in [0, 0.05) is 29.8 Å². The van der Waals surface area contributed by atoms with Crippen molar-refractivity contribution in [3.8, 4) is 0 Å². The molecule has 0 radical (unpaired) electrons. The second-order valence-electron chi connectivity index (χ2n) is 4.79. The summed E-state index contributed by atoms with van der Waals surface area (Å²) in [7, 11) is -1.56. The summed E-state index contributed by atoms with van der Waals surface area (Å²) < 4.78 is 33.0. The zero-order valence-corrected chi connectivity index (χ0v) is 13.6. The van der Waals surface area contributed by atoms with Gasteiger partial charge < -0.3 is 15.4 Å². The zero-order chi connectivity index (χ0) is 14.8. The van der Waals surface area contributed by atoms with Crippen molar-refractivity contribution in [2.75, 3.05) is 39.0 Å². The van der Waals surface area contributed by atoms with Crippen LogP contribution in [0.3, 0.4) is 0 Å². The molecule has 0 bridgehead atoms. The van der Waals surface area contributed by atoms with Crippen molar-refractivity contribution in [1.82, 2.24) is 9.62 Å². The average molecular weight is 364 g/mol. The van der Waals surface area contributed by atoms with E-state index in [1.165, 1.54) is 12.1 Å². The molecule has 112 valence electrons. The van der Waals surface area contributed by atoms with Gasteiger partial charge >= 0.3 is 0 Å². The number of halogens is 1. The summed E-state index contributed by atoms with van der Waals surface area (Å²) in [6.07, 6.45) is -0.124. The highest BCUT2D eigenvalue weighted by Crippen LogP contribution is 2.22. The molecule has 1 aliphatic heterocycles. The molecule has 1 atom stereocenters. The molecule has 1 unspecified atom stereocenters. The molecule has 0 aromatic heterocycles. The first-order chi connectivity index (χ1) is 9.38. The summed E-state index contributed by atoms with van der Waals surface area (Å²) in [6.45, 7) is 2.47. The quantitative estimate of drug-likeness (QED) is 0.766. The lowest BCUT2D eigenvalue weighted by Crippen LogP contribution is -2.45. The minimum Gasteiger partial charge on any atom is -0.398 e. The van der Waals surface area contributed by atoms with Crippen molar-refractivity contribution in [3.05, 3.63) is 22.7 Å². The normalized spacial score (nSPS) is 21.0. The third kappa shape index (κ3) is 3.92. The van der Waals surface area contributed by atoms with Crippen LogP contribution < -0.4 is 10.5 Å². The lowest BCUT2D eigenvalue weighted by molar-refractivity contribution is -0.0156. The van der Waals surface area contributed by atoms with Gasteiger partial charge in [0.15, 0.2) is 0 Å². The number of nitrogens with zero attached hydrogens (tertiary/aromatic N) is 1. The molecule has 2 rings (SSSR count). The van der Waals surface area contributed by atoms with Gasteiger partial charge in [-0.3, -0.25) is 0 Å². The molecule has 1 aliphatic rings. The molecule has 0 amide bonds. The number of ether oxygens (including phenoxy) is 1. The van der Waals surface area contributed by atoms with Gasteiger partial charge in [-0.25, -0.2) is 13.1 Å². The van der Waals surface area contributed by atoms with Crippen molar-refractivity contribution in [2.24, 2.45) is 0 Å². The topological polar surface area (TPSA) is 84.7 Å². The van der Waals surface area contributed by atoms with Crippen molar-refractivity contribution in [3.63, 3.8) is 0 Å². The Morgan fingerprint density at radius 3 is 2.95 bits per heavy atom. The van der Waals surface area contributed by atoms with Crippen molar-refractivity contribution in [2.45, 2.75) is 11.0 Å². The molecule has 1 fully saturated rings. The van der Waals surface area contributed by atoms with E-state index >= 15 is 0 Å². The van der Waals surface area contributed by atoms with Gasteiger partial charge in [0.2, 0.25) is 10.0 Å². The molecule has 20 heavy (non-hydrogen) atoms. The number of nitrogen functional groups attached to an aromatic ring is 1. The second-order valence-corrected chi connectivity index (χ2v) is 7.41. The van der Waals surface area contributed by atoms with Crippen LogP contribution in [0.25, 0.3) is 0 Å². The number of morpholine rings is 1. The molecule has 3 N–H and O–H groups in total. The lowest BCUT2D eigenvalue weighted by atomic mass is 10.3. The molecule has 8 heteroatoms. The van der Waals surface area contributed by atoms with Crippen LogP contribution in [0.1, 0.15) is 0 Å². The third-order valence-electron chi connectivity index (χ3n) is 3.13. The van der Waals surface area contributed by atoms with E-state index in [0.29, 0.717) is 23.3 Å². The fourth-order valence-electron chi connectivity index (χ4n) is 1.95. The molecule has 1 aromatic carbocycles. The smallest absolute Gasteiger partial charge is 0.240 e. The average Bonchev–Trinajstić information content (AvgIpc) is 2.40. The number of rotatable bonds is 4. The Morgan fingerprint density at radius 2 is 2.30 bits per heavy atom. The minimum atomic E-state index is -3.55. The van der Waals surface area contributed by atoms with Crippen molar-refractivity contribution >= 4 is 31.6 Å². The Balaban J connectivity index is 2.01. The van der Waals surface area contributed by atoms with Gasteiger partial charge in [0.05, 0.1) is 17.6 Å². The Kier molecular flexibility index (Phi) is 5.03. The second kappa shape index (κ2) is 6.40. The maximum absolute atomic E-state index is 12.2. The SMILES string of the molecule is CN1CCOC(CNS(=O)(=O)c2ccc(N)c(Br)c2)C1. The number of anilines is 1. The van der Waals surface area contributed by atoms with Gasteiger partial charge in [-0.05, 0) is 41.2 Å². The zero-order valence-electron chi connectivity index (χ0n) is 11.2. The highest BCUT2D eigenvalue weighted by Gasteiger charge is 2.21. The van der Waals surface area contributed by atoms with Gasteiger partial charge in [-0.1, -0.05) is 0 Å². The van der Waals surface area contributed by atoms with Crippen LogP contribution in [0.4, 0.5) is 5.69 Å². The maximum atomic E-state index is 12.2. The number of hydrogen-bond donors (Lipinski definition) is 2. The van der Waals surface area contributed by atoms with E-state index in [1.807, 2.05) is 7.05 Å². The first kappa shape index (κ1) is 15.7. The fourth-order valence-corrected chi connectivity index (χ4v) is 3.57. The number of sulfonamides is 1. The predicted molar refractivity (Wildman–Crippen MR) is 81.0 cm³/mol. The number of benzene rings is 1. The van der Waals surface area contributed by atoms with Crippen molar-refractivity contribution < 1.29 is 13.2 Å². The minimum absolute atomic E-state index is 0.124. The van der Waals surface area contributed by atoms with Gasteiger partial charge in [0.1, 0.15) is 0 Å². The summed E-state index contributed by atoms with van der Waals surface area (Å²) in [5, 5.41) is 0. The summed E-state index contributed by atoms with van der Waals surface area (Å²) in [4.78, 5) is 2.30. The Bertz CT molecular complexity index is 579. The highest BCUT2D eigenvalue weighted by atomic mass is 79.9. The first-order valence-electron chi connectivity index (χ1n) is 6.23. The van der Waals surface area contributed by atoms with E-state index in [1.54, 1.807) is 6.07 Å². The number of nitrogens with one attached hydrogen (secondary N) is 1. The van der Waals surface area contributed by atoms with Gasteiger partial charge in [-0.2, -0.15) is 0 Å². The van der Waals surface area contributed by atoms with Crippen LogP contribution in [0, 0.1) is 0 Å². The molecule has 0 saturated carbocycles. The van der Waals surface area contributed by atoms with Crippen LogP contribution >= 0.6 is 15.9 Å². The molecule has 6 nitrogen and oxygen atoms in total. The Labute approximate surface area is 127 Å². The molecule has 1 heterocycles. The fraction of sp³-hybridized carbons (Fsp3) is 0.500. The van der Waals surface area contributed by atoms with E-state index in [9.17, 15) is 8.42 Å². The summed E-state index contributed by atoms with van der Waals surface area (Å²) >= 11 is 3.23. The molecular weight excluding hydrogens is 346 g/mol.